The van der Waals surface area contributed by atoms with Gasteiger partial charge in [0.1, 0.15) is 5.84 Å². The Kier molecular flexibility index (Phi) is 5.44. The second-order valence-corrected chi connectivity index (χ2v) is 4.27. The van der Waals surface area contributed by atoms with Gasteiger partial charge in [-0.05, 0) is 25.7 Å². The first-order chi connectivity index (χ1) is 7.29. The predicted molar refractivity (Wildman–Crippen MR) is 67.2 cm³/mol. The summed E-state index contributed by atoms with van der Waals surface area (Å²) in [4.78, 5) is 6.75. The van der Waals surface area contributed by atoms with Crippen LogP contribution in [-0.4, -0.2) is 24.3 Å². The first kappa shape index (κ1) is 12.3. The first-order valence-corrected chi connectivity index (χ1v) is 6.20. The van der Waals surface area contributed by atoms with Gasteiger partial charge in [-0.3, -0.25) is 4.99 Å². The fourth-order valence-corrected chi connectivity index (χ4v) is 2.08. The standard InChI is InChI=1S/C13H24N2/c1-4-5-9-12(2)15-11-8-6-7-10-13(15)14-3/h2,4-11H2,1,3H3. The van der Waals surface area contributed by atoms with Gasteiger partial charge in [0.25, 0.3) is 0 Å². The number of unbranched alkanes of at least 4 members (excludes halogenated alkanes) is 1. The third kappa shape index (κ3) is 3.69. The zero-order valence-corrected chi connectivity index (χ0v) is 10.3. The van der Waals surface area contributed by atoms with Crippen molar-refractivity contribution >= 4 is 5.84 Å². The van der Waals surface area contributed by atoms with Gasteiger partial charge in [0.05, 0.1) is 0 Å². The minimum absolute atomic E-state index is 1.12. The van der Waals surface area contributed by atoms with Crippen molar-refractivity contribution in [3.8, 4) is 0 Å². The lowest BCUT2D eigenvalue weighted by Gasteiger charge is -2.26. The van der Waals surface area contributed by atoms with Gasteiger partial charge in [-0.1, -0.05) is 26.3 Å². The van der Waals surface area contributed by atoms with Crippen molar-refractivity contribution in [1.29, 1.82) is 0 Å². The van der Waals surface area contributed by atoms with Crippen LogP contribution in [0.4, 0.5) is 0 Å². The van der Waals surface area contributed by atoms with Gasteiger partial charge >= 0.3 is 0 Å². The van der Waals surface area contributed by atoms with Gasteiger partial charge in [0, 0.05) is 25.7 Å². The molecule has 1 rings (SSSR count). The van der Waals surface area contributed by atoms with Crippen molar-refractivity contribution in [3.05, 3.63) is 12.3 Å². The molecule has 0 saturated carbocycles. The molecule has 1 heterocycles. The lowest BCUT2D eigenvalue weighted by molar-refractivity contribution is 0.476. The summed E-state index contributed by atoms with van der Waals surface area (Å²) in [5, 5.41) is 0. The Morgan fingerprint density at radius 2 is 2.20 bits per heavy atom. The summed E-state index contributed by atoms with van der Waals surface area (Å²) >= 11 is 0. The lowest BCUT2D eigenvalue weighted by atomic mass is 10.2. The van der Waals surface area contributed by atoms with E-state index < -0.39 is 0 Å². The maximum absolute atomic E-state index is 4.40. The molecule has 86 valence electrons. The van der Waals surface area contributed by atoms with E-state index in [1.165, 1.54) is 43.6 Å². The summed E-state index contributed by atoms with van der Waals surface area (Å²) in [6.07, 6.45) is 8.62. The van der Waals surface area contributed by atoms with E-state index in [9.17, 15) is 0 Å². The Morgan fingerprint density at radius 1 is 1.40 bits per heavy atom. The van der Waals surface area contributed by atoms with Crippen LogP contribution in [0.15, 0.2) is 17.3 Å². The molecule has 0 aliphatic carbocycles. The number of hydrogen-bond donors (Lipinski definition) is 0. The number of likely N-dealkylation sites (tertiary alicyclic amines) is 1. The Bertz CT molecular complexity index is 231. The van der Waals surface area contributed by atoms with Crippen LogP contribution in [0.1, 0.15) is 51.9 Å². The largest absolute Gasteiger partial charge is 0.335 e. The molecule has 1 aliphatic rings. The highest BCUT2D eigenvalue weighted by molar-refractivity contribution is 5.83. The Labute approximate surface area is 94.1 Å². The van der Waals surface area contributed by atoms with Crippen LogP contribution in [0.3, 0.4) is 0 Å². The Morgan fingerprint density at radius 3 is 2.87 bits per heavy atom. The maximum Gasteiger partial charge on any atom is 0.103 e. The topological polar surface area (TPSA) is 15.6 Å². The van der Waals surface area contributed by atoms with Crippen molar-refractivity contribution < 1.29 is 0 Å². The van der Waals surface area contributed by atoms with E-state index in [2.05, 4.69) is 23.4 Å². The molecule has 2 heteroatoms. The predicted octanol–water partition coefficient (Wildman–Crippen LogP) is 3.59. The van der Waals surface area contributed by atoms with Crippen molar-refractivity contribution in [2.45, 2.75) is 51.9 Å². The van der Waals surface area contributed by atoms with E-state index in [4.69, 9.17) is 0 Å². The molecule has 0 spiro atoms. The number of allylic oxidation sites excluding steroid dienone is 1. The monoisotopic (exact) mass is 208 g/mol. The third-order valence-electron chi connectivity index (χ3n) is 3.05. The molecule has 0 aromatic rings. The highest BCUT2D eigenvalue weighted by Crippen LogP contribution is 2.19. The van der Waals surface area contributed by atoms with Gasteiger partial charge in [0.15, 0.2) is 0 Å². The summed E-state index contributed by atoms with van der Waals surface area (Å²) in [5.41, 5.74) is 1.26. The summed E-state index contributed by atoms with van der Waals surface area (Å²) in [7, 11) is 1.90. The van der Waals surface area contributed by atoms with Crippen molar-refractivity contribution in [2.24, 2.45) is 4.99 Å². The minimum atomic E-state index is 1.12. The molecule has 1 aliphatic heterocycles. The summed E-state index contributed by atoms with van der Waals surface area (Å²) in [5.74, 6) is 1.24. The Hall–Kier alpha value is -0.790. The molecule has 0 aromatic heterocycles. The zero-order valence-electron chi connectivity index (χ0n) is 10.3. The molecule has 1 fully saturated rings. The summed E-state index contributed by atoms with van der Waals surface area (Å²) in [6, 6.07) is 0. The SMILES string of the molecule is C=C(CCCC)N1CCCCCC1=NC. The van der Waals surface area contributed by atoms with Gasteiger partial charge in [-0.25, -0.2) is 0 Å². The van der Waals surface area contributed by atoms with Gasteiger partial charge in [0.2, 0.25) is 0 Å². The number of nitrogens with zero attached hydrogens (tertiary/aromatic N) is 2. The van der Waals surface area contributed by atoms with Crippen LogP contribution in [0.2, 0.25) is 0 Å². The zero-order chi connectivity index (χ0) is 11.1. The molecular formula is C13H24N2. The van der Waals surface area contributed by atoms with Crippen molar-refractivity contribution in [3.63, 3.8) is 0 Å². The molecule has 1 saturated heterocycles. The van der Waals surface area contributed by atoms with E-state index in [0.717, 1.165) is 19.4 Å². The number of hydrogen-bond acceptors (Lipinski definition) is 1. The van der Waals surface area contributed by atoms with Crippen LogP contribution in [0.5, 0.6) is 0 Å². The number of rotatable bonds is 4. The highest BCUT2D eigenvalue weighted by atomic mass is 15.2. The second kappa shape index (κ2) is 6.65. The van der Waals surface area contributed by atoms with E-state index in [-0.39, 0.29) is 0 Å². The second-order valence-electron chi connectivity index (χ2n) is 4.27. The third-order valence-corrected chi connectivity index (χ3v) is 3.05. The van der Waals surface area contributed by atoms with E-state index in [1.54, 1.807) is 0 Å². The molecule has 15 heavy (non-hydrogen) atoms. The molecule has 0 N–H and O–H groups in total. The van der Waals surface area contributed by atoms with Crippen LogP contribution in [-0.2, 0) is 0 Å². The van der Waals surface area contributed by atoms with Crippen molar-refractivity contribution in [2.75, 3.05) is 13.6 Å². The molecule has 0 bridgehead atoms. The first-order valence-electron chi connectivity index (χ1n) is 6.20. The van der Waals surface area contributed by atoms with Crippen LogP contribution in [0.25, 0.3) is 0 Å². The molecule has 0 radical (unpaired) electrons. The van der Waals surface area contributed by atoms with E-state index in [1.807, 2.05) is 7.05 Å². The number of aliphatic imine (C=N–C) groups is 1. The fraction of sp³-hybridized carbons (Fsp3) is 0.769. The molecule has 0 amide bonds. The molecule has 0 aromatic carbocycles. The fourth-order valence-electron chi connectivity index (χ4n) is 2.08. The van der Waals surface area contributed by atoms with Gasteiger partial charge in [-0.2, -0.15) is 0 Å². The lowest BCUT2D eigenvalue weighted by Crippen LogP contribution is -2.29. The van der Waals surface area contributed by atoms with Crippen molar-refractivity contribution in [1.82, 2.24) is 4.90 Å². The smallest absolute Gasteiger partial charge is 0.103 e. The van der Waals surface area contributed by atoms with E-state index in [0.29, 0.717) is 0 Å². The quantitative estimate of drug-likeness (QED) is 0.689. The molecule has 0 atom stereocenters. The summed E-state index contributed by atoms with van der Waals surface area (Å²) < 4.78 is 0. The Balaban J connectivity index is 2.58. The van der Waals surface area contributed by atoms with Crippen LogP contribution in [0, 0.1) is 0 Å². The molecule has 2 nitrogen and oxygen atoms in total. The van der Waals surface area contributed by atoms with Gasteiger partial charge < -0.3 is 4.90 Å². The average molecular weight is 208 g/mol. The average Bonchev–Trinajstić information content (AvgIpc) is 2.50. The highest BCUT2D eigenvalue weighted by Gasteiger charge is 2.16. The maximum atomic E-state index is 4.40. The van der Waals surface area contributed by atoms with Crippen LogP contribution >= 0.6 is 0 Å². The number of amidine groups is 1. The van der Waals surface area contributed by atoms with Gasteiger partial charge in [-0.15, -0.1) is 0 Å². The molecule has 0 unspecified atom stereocenters. The van der Waals surface area contributed by atoms with E-state index >= 15 is 0 Å². The molecular weight excluding hydrogens is 184 g/mol. The van der Waals surface area contributed by atoms with Crippen LogP contribution < -0.4 is 0 Å². The summed E-state index contributed by atoms with van der Waals surface area (Å²) in [6.45, 7) is 7.55. The normalized spacial score (nSPS) is 20.4. The minimum Gasteiger partial charge on any atom is -0.335 e.